The highest BCUT2D eigenvalue weighted by atomic mass is 79.9. The van der Waals surface area contributed by atoms with Crippen LogP contribution in [0, 0.1) is 6.92 Å². The first kappa shape index (κ1) is 12.9. The van der Waals surface area contributed by atoms with Gasteiger partial charge >= 0.3 is 0 Å². The zero-order valence-electron chi connectivity index (χ0n) is 10.8. The molecule has 0 radical (unpaired) electrons. The van der Waals surface area contributed by atoms with Crippen molar-refractivity contribution < 1.29 is 4.79 Å². The van der Waals surface area contributed by atoms with Crippen molar-refractivity contribution in [2.24, 2.45) is 0 Å². The fourth-order valence-corrected chi connectivity index (χ4v) is 2.33. The maximum atomic E-state index is 12.2. The fourth-order valence-electron chi connectivity index (χ4n) is 1.95. The molecule has 100 valence electrons. The Balaban J connectivity index is 1.86. The summed E-state index contributed by atoms with van der Waals surface area (Å²) in [5.74, 6) is -0.141. The lowest BCUT2D eigenvalue weighted by atomic mass is 10.1. The number of nitrogens with one attached hydrogen (secondary N) is 2. The topological polar surface area (TPSA) is 57.8 Å². The lowest BCUT2D eigenvalue weighted by Gasteiger charge is -2.07. The number of amides is 1. The predicted molar refractivity (Wildman–Crippen MR) is 82.9 cm³/mol. The highest BCUT2D eigenvalue weighted by Crippen LogP contribution is 2.21. The minimum absolute atomic E-state index is 0.141. The summed E-state index contributed by atoms with van der Waals surface area (Å²) in [6.45, 7) is 2.00. The molecule has 3 aromatic rings. The Morgan fingerprint density at radius 2 is 2.10 bits per heavy atom. The number of hydrogen-bond donors (Lipinski definition) is 2. The molecule has 0 fully saturated rings. The van der Waals surface area contributed by atoms with Crippen LogP contribution in [0.15, 0.2) is 47.1 Å². The molecule has 0 bridgehead atoms. The van der Waals surface area contributed by atoms with Crippen molar-refractivity contribution in [3.8, 4) is 0 Å². The molecule has 1 heterocycles. The second-order valence-corrected chi connectivity index (χ2v) is 5.44. The second kappa shape index (κ2) is 5.09. The van der Waals surface area contributed by atoms with Crippen LogP contribution in [0.3, 0.4) is 0 Å². The maximum Gasteiger partial charge on any atom is 0.255 e. The van der Waals surface area contributed by atoms with Crippen LogP contribution in [-0.4, -0.2) is 16.1 Å². The van der Waals surface area contributed by atoms with E-state index in [1.807, 2.05) is 31.2 Å². The van der Waals surface area contributed by atoms with Gasteiger partial charge in [0.1, 0.15) is 0 Å². The third-order valence-corrected chi connectivity index (χ3v) is 3.99. The zero-order chi connectivity index (χ0) is 14.1. The molecule has 0 saturated heterocycles. The van der Waals surface area contributed by atoms with Crippen molar-refractivity contribution in [3.05, 3.63) is 58.2 Å². The van der Waals surface area contributed by atoms with Crippen LogP contribution in [0.1, 0.15) is 15.9 Å². The lowest BCUT2D eigenvalue weighted by molar-refractivity contribution is 0.102. The van der Waals surface area contributed by atoms with Crippen molar-refractivity contribution in [1.82, 2.24) is 10.2 Å². The number of aromatic nitrogens is 2. The molecule has 0 aliphatic heterocycles. The number of aryl methyl sites for hydroxylation is 1. The summed E-state index contributed by atoms with van der Waals surface area (Å²) in [5, 5.41) is 10.7. The number of H-pyrrole nitrogens is 1. The molecule has 0 aliphatic rings. The Morgan fingerprint density at radius 3 is 2.90 bits per heavy atom. The van der Waals surface area contributed by atoms with Crippen molar-refractivity contribution in [1.29, 1.82) is 0 Å². The van der Waals surface area contributed by atoms with Gasteiger partial charge in [0, 0.05) is 21.1 Å². The molecule has 20 heavy (non-hydrogen) atoms. The van der Waals surface area contributed by atoms with Crippen molar-refractivity contribution in [3.63, 3.8) is 0 Å². The van der Waals surface area contributed by atoms with Gasteiger partial charge in [0.2, 0.25) is 0 Å². The molecule has 1 aromatic heterocycles. The van der Waals surface area contributed by atoms with Crippen LogP contribution in [0.4, 0.5) is 5.69 Å². The summed E-state index contributed by atoms with van der Waals surface area (Å²) in [6.07, 6.45) is 1.73. The Kier molecular flexibility index (Phi) is 3.28. The summed E-state index contributed by atoms with van der Waals surface area (Å²) >= 11 is 3.45. The predicted octanol–water partition coefficient (Wildman–Crippen LogP) is 3.89. The number of fused-ring (bicyclic) bond motifs is 1. The van der Waals surface area contributed by atoms with E-state index in [0.29, 0.717) is 5.56 Å². The molecule has 3 rings (SSSR count). The van der Waals surface area contributed by atoms with E-state index < -0.39 is 0 Å². The minimum atomic E-state index is -0.141. The van der Waals surface area contributed by atoms with Gasteiger partial charge in [-0.15, -0.1) is 0 Å². The quantitative estimate of drug-likeness (QED) is 0.749. The largest absolute Gasteiger partial charge is 0.322 e. The molecule has 0 saturated carbocycles. The van der Waals surface area contributed by atoms with Crippen LogP contribution in [-0.2, 0) is 0 Å². The molecule has 1 amide bonds. The van der Waals surface area contributed by atoms with Gasteiger partial charge in [0.25, 0.3) is 5.91 Å². The highest BCUT2D eigenvalue weighted by molar-refractivity contribution is 9.10. The number of anilines is 1. The van der Waals surface area contributed by atoms with Crippen molar-refractivity contribution >= 4 is 38.4 Å². The number of aromatic amines is 1. The number of halogens is 1. The normalized spacial score (nSPS) is 10.7. The van der Waals surface area contributed by atoms with E-state index in [2.05, 4.69) is 31.4 Å². The smallest absolute Gasteiger partial charge is 0.255 e. The van der Waals surface area contributed by atoms with E-state index in [1.54, 1.807) is 18.3 Å². The fraction of sp³-hybridized carbons (Fsp3) is 0.0667. The van der Waals surface area contributed by atoms with E-state index >= 15 is 0 Å². The number of rotatable bonds is 2. The van der Waals surface area contributed by atoms with Gasteiger partial charge in [-0.2, -0.15) is 5.10 Å². The first-order valence-electron chi connectivity index (χ1n) is 6.14. The van der Waals surface area contributed by atoms with E-state index in [1.165, 1.54) is 0 Å². The van der Waals surface area contributed by atoms with Crippen molar-refractivity contribution in [2.75, 3.05) is 5.32 Å². The lowest BCUT2D eigenvalue weighted by Crippen LogP contribution is -2.11. The number of carbonyl (C=O) groups is 1. The van der Waals surface area contributed by atoms with Crippen LogP contribution in [0.2, 0.25) is 0 Å². The molecule has 5 heteroatoms. The standard InChI is InChI=1S/C15H12BrN3O/c1-9-2-5-12(7-13(9)16)18-15(20)10-3-4-11-8-17-19-14(11)6-10/h2-8H,1H3,(H,17,19)(H,18,20). The average Bonchev–Trinajstić information content (AvgIpc) is 2.90. The molecule has 0 aliphatic carbocycles. The maximum absolute atomic E-state index is 12.2. The second-order valence-electron chi connectivity index (χ2n) is 4.59. The molecule has 2 N–H and O–H groups in total. The summed E-state index contributed by atoms with van der Waals surface area (Å²) in [5.41, 5.74) is 3.33. The van der Waals surface area contributed by atoms with Crippen LogP contribution in [0.25, 0.3) is 10.9 Å². The van der Waals surface area contributed by atoms with Crippen LogP contribution >= 0.6 is 15.9 Å². The highest BCUT2D eigenvalue weighted by Gasteiger charge is 2.08. The number of nitrogens with zero attached hydrogens (tertiary/aromatic N) is 1. The first-order valence-corrected chi connectivity index (χ1v) is 6.93. The van der Waals surface area contributed by atoms with E-state index in [0.717, 1.165) is 26.6 Å². The Bertz CT molecular complexity index is 795. The molecule has 2 aromatic carbocycles. The van der Waals surface area contributed by atoms with Crippen LogP contribution < -0.4 is 5.32 Å². The van der Waals surface area contributed by atoms with Gasteiger partial charge in [0.15, 0.2) is 0 Å². The van der Waals surface area contributed by atoms with Gasteiger partial charge < -0.3 is 5.32 Å². The molecular formula is C15H12BrN3O. The van der Waals surface area contributed by atoms with Gasteiger partial charge in [-0.25, -0.2) is 0 Å². The Labute approximate surface area is 124 Å². The summed E-state index contributed by atoms with van der Waals surface area (Å²) in [6, 6.07) is 11.2. The van der Waals surface area contributed by atoms with Gasteiger partial charge in [-0.05, 0) is 36.8 Å². The summed E-state index contributed by atoms with van der Waals surface area (Å²) < 4.78 is 0.972. The van der Waals surface area contributed by atoms with Gasteiger partial charge in [-0.3, -0.25) is 9.89 Å². The van der Waals surface area contributed by atoms with Gasteiger partial charge in [-0.1, -0.05) is 28.1 Å². The molecule has 0 atom stereocenters. The number of benzene rings is 2. The molecular weight excluding hydrogens is 318 g/mol. The van der Waals surface area contributed by atoms with Crippen molar-refractivity contribution in [2.45, 2.75) is 6.92 Å². The number of hydrogen-bond acceptors (Lipinski definition) is 2. The Hall–Kier alpha value is -2.14. The van der Waals surface area contributed by atoms with E-state index in [9.17, 15) is 4.79 Å². The summed E-state index contributed by atoms with van der Waals surface area (Å²) in [7, 11) is 0. The summed E-state index contributed by atoms with van der Waals surface area (Å²) in [4.78, 5) is 12.2. The monoisotopic (exact) mass is 329 g/mol. The number of carbonyl (C=O) groups excluding carboxylic acids is 1. The van der Waals surface area contributed by atoms with Crippen LogP contribution in [0.5, 0.6) is 0 Å². The minimum Gasteiger partial charge on any atom is -0.322 e. The average molecular weight is 330 g/mol. The third-order valence-electron chi connectivity index (χ3n) is 3.13. The third kappa shape index (κ3) is 2.44. The first-order chi connectivity index (χ1) is 9.63. The van der Waals surface area contributed by atoms with E-state index in [4.69, 9.17) is 0 Å². The SMILES string of the molecule is Cc1ccc(NC(=O)c2ccc3cn[nH]c3c2)cc1Br. The molecule has 0 unspecified atom stereocenters. The Morgan fingerprint density at radius 1 is 1.25 bits per heavy atom. The van der Waals surface area contributed by atoms with E-state index in [-0.39, 0.29) is 5.91 Å². The molecule has 0 spiro atoms. The van der Waals surface area contributed by atoms with Gasteiger partial charge in [0.05, 0.1) is 11.7 Å². The molecule has 4 nitrogen and oxygen atoms in total. The zero-order valence-corrected chi connectivity index (χ0v) is 12.4.